The van der Waals surface area contributed by atoms with Crippen molar-refractivity contribution < 1.29 is 9.47 Å². The highest BCUT2D eigenvalue weighted by molar-refractivity contribution is 5.98. The van der Waals surface area contributed by atoms with Gasteiger partial charge >= 0.3 is 0 Å². The van der Waals surface area contributed by atoms with Gasteiger partial charge in [-0.25, -0.2) is 4.99 Å². The highest BCUT2D eigenvalue weighted by Crippen LogP contribution is 2.33. The molecular formula is C17H19N3O2. The van der Waals surface area contributed by atoms with Crippen molar-refractivity contribution in [3.8, 4) is 11.5 Å². The molecule has 2 aromatic carbocycles. The highest BCUT2D eigenvalue weighted by atomic mass is 16.5. The van der Waals surface area contributed by atoms with Crippen molar-refractivity contribution in [2.45, 2.75) is 6.42 Å². The van der Waals surface area contributed by atoms with Crippen LogP contribution in [0.4, 0.5) is 11.4 Å². The zero-order valence-electron chi connectivity index (χ0n) is 12.7. The fourth-order valence-corrected chi connectivity index (χ4v) is 2.64. The van der Waals surface area contributed by atoms with Crippen LogP contribution >= 0.6 is 0 Å². The van der Waals surface area contributed by atoms with Crippen LogP contribution in [0.1, 0.15) is 5.56 Å². The number of rotatable bonds is 3. The Kier molecular flexibility index (Phi) is 3.87. The maximum atomic E-state index is 6.21. The fourth-order valence-electron chi connectivity index (χ4n) is 2.64. The number of methoxy groups -OCH3 is 2. The van der Waals surface area contributed by atoms with Crippen LogP contribution in [0.5, 0.6) is 11.5 Å². The van der Waals surface area contributed by atoms with E-state index in [1.54, 1.807) is 20.3 Å². The Balaban J connectivity index is 1.93. The van der Waals surface area contributed by atoms with Crippen LogP contribution in [0.25, 0.3) is 0 Å². The van der Waals surface area contributed by atoms with Gasteiger partial charge in [0.15, 0.2) is 0 Å². The van der Waals surface area contributed by atoms with Crippen molar-refractivity contribution in [2.75, 3.05) is 25.7 Å². The van der Waals surface area contributed by atoms with Crippen LogP contribution in [-0.4, -0.2) is 26.7 Å². The number of hydrogen-bond donors (Lipinski definition) is 1. The first kappa shape index (κ1) is 14.3. The molecule has 0 aliphatic carbocycles. The van der Waals surface area contributed by atoms with Crippen molar-refractivity contribution >= 4 is 17.3 Å². The van der Waals surface area contributed by atoms with Crippen LogP contribution in [-0.2, 0) is 6.42 Å². The van der Waals surface area contributed by atoms with Gasteiger partial charge in [0.05, 0.1) is 14.2 Å². The third kappa shape index (κ3) is 2.57. The number of anilines is 1. The molecule has 3 rings (SSSR count). The summed E-state index contributed by atoms with van der Waals surface area (Å²) in [6.45, 7) is 0.840. The fraction of sp³-hybridized carbons (Fsp3) is 0.235. The number of nitrogens with zero attached hydrogens (tertiary/aromatic N) is 2. The zero-order chi connectivity index (χ0) is 15.5. The number of para-hydroxylation sites is 1. The maximum Gasteiger partial charge on any atom is 0.201 e. The molecule has 0 aromatic heterocycles. The van der Waals surface area contributed by atoms with E-state index in [9.17, 15) is 0 Å². The van der Waals surface area contributed by atoms with Gasteiger partial charge in [0.25, 0.3) is 0 Å². The van der Waals surface area contributed by atoms with Crippen molar-refractivity contribution in [1.82, 2.24) is 0 Å². The third-order valence-electron chi connectivity index (χ3n) is 3.79. The van der Waals surface area contributed by atoms with Crippen LogP contribution in [0.2, 0.25) is 0 Å². The Hall–Kier alpha value is -2.69. The Morgan fingerprint density at radius 2 is 1.95 bits per heavy atom. The minimum Gasteiger partial charge on any atom is -0.497 e. The zero-order valence-corrected chi connectivity index (χ0v) is 12.7. The molecule has 0 bridgehead atoms. The molecule has 5 heteroatoms. The molecule has 1 heterocycles. The number of benzene rings is 2. The van der Waals surface area contributed by atoms with Gasteiger partial charge in [-0.1, -0.05) is 18.2 Å². The molecule has 0 saturated heterocycles. The van der Waals surface area contributed by atoms with E-state index in [1.807, 2.05) is 29.2 Å². The van der Waals surface area contributed by atoms with E-state index >= 15 is 0 Å². The molecule has 22 heavy (non-hydrogen) atoms. The summed E-state index contributed by atoms with van der Waals surface area (Å²) in [4.78, 5) is 6.55. The summed E-state index contributed by atoms with van der Waals surface area (Å²) >= 11 is 0. The number of fused-ring (bicyclic) bond motifs is 1. The summed E-state index contributed by atoms with van der Waals surface area (Å²) in [5.41, 5.74) is 9.31. The molecule has 2 N–H and O–H groups in total. The van der Waals surface area contributed by atoms with E-state index < -0.39 is 0 Å². The average molecular weight is 297 g/mol. The van der Waals surface area contributed by atoms with Crippen LogP contribution in [0.15, 0.2) is 47.5 Å². The van der Waals surface area contributed by atoms with E-state index in [-0.39, 0.29) is 0 Å². The normalized spacial score (nSPS) is 13.9. The SMILES string of the molecule is COc1ccc(N=C(N)N2CCc3ccccc32)c(OC)c1. The standard InChI is InChI=1S/C17H19N3O2/c1-21-13-7-8-14(16(11-13)22-2)19-17(18)20-10-9-12-5-3-4-6-15(12)20/h3-8,11H,9-10H2,1-2H3,(H2,18,19). The van der Waals surface area contributed by atoms with Gasteiger partial charge < -0.3 is 20.1 Å². The molecular weight excluding hydrogens is 278 g/mol. The Labute approximate surface area is 130 Å². The summed E-state index contributed by atoms with van der Waals surface area (Å²) in [5.74, 6) is 1.82. The predicted octanol–water partition coefficient (Wildman–Crippen LogP) is 2.71. The monoisotopic (exact) mass is 297 g/mol. The number of hydrogen-bond acceptors (Lipinski definition) is 3. The Morgan fingerprint density at radius 1 is 1.14 bits per heavy atom. The first-order chi connectivity index (χ1) is 10.7. The van der Waals surface area contributed by atoms with Crippen molar-refractivity contribution in [2.24, 2.45) is 10.7 Å². The van der Waals surface area contributed by atoms with E-state index in [2.05, 4.69) is 17.1 Å². The largest absolute Gasteiger partial charge is 0.497 e. The summed E-state index contributed by atoms with van der Waals surface area (Å²) in [5, 5.41) is 0. The molecule has 0 unspecified atom stereocenters. The van der Waals surface area contributed by atoms with Crippen LogP contribution in [0.3, 0.4) is 0 Å². The Morgan fingerprint density at radius 3 is 2.73 bits per heavy atom. The Bertz CT molecular complexity index is 713. The van der Waals surface area contributed by atoms with Gasteiger partial charge in [0.1, 0.15) is 17.2 Å². The van der Waals surface area contributed by atoms with Gasteiger partial charge in [-0.05, 0) is 30.2 Å². The lowest BCUT2D eigenvalue weighted by molar-refractivity contribution is 0.395. The summed E-state index contributed by atoms with van der Waals surface area (Å²) in [6, 6.07) is 13.7. The second-order valence-corrected chi connectivity index (χ2v) is 5.04. The molecule has 5 nitrogen and oxygen atoms in total. The van der Waals surface area contributed by atoms with E-state index in [0.717, 1.165) is 24.4 Å². The molecule has 0 radical (unpaired) electrons. The lowest BCUT2D eigenvalue weighted by Gasteiger charge is -2.18. The van der Waals surface area contributed by atoms with Crippen molar-refractivity contribution in [1.29, 1.82) is 0 Å². The second kappa shape index (κ2) is 5.97. The summed E-state index contributed by atoms with van der Waals surface area (Å²) < 4.78 is 10.6. The molecule has 1 aliphatic rings. The number of aliphatic imine (C=N–C) groups is 1. The highest BCUT2D eigenvalue weighted by Gasteiger charge is 2.21. The molecule has 0 saturated carbocycles. The molecule has 0 atom stereocenters. The first-order valence-corrected chi connectivity index (χ1v) is 7.14. The lowest BCUT2D eigenvalue weighted by atomic mass is 10.2. The van der Waals surface area contributed by atoms with E-state index in [1.165, 1.54) is 5.56 Å². The van der Waals surface area contributed by atoms with Gasteiger partial charge in [0, 0.05) is 18.3 Å². The van der Waals surface area contributed by atoms with E-state index in [0.29, 0.717) is 17.4 Å². The quantitative estimate of drug-likeness (QED) is 0.699. The van der Waals surface area contributed by atoms with Crippen molar-refractivity contribution in [3.63, 3.8) is 0 Å². The molecule has 1 aliphatic heterocycles. The minimum absolute atomic E-state index is 0.466. The minimum atomic E-state index is 0.466. The molecule has 0 amide bonds. The lowest BCUT2D eigenvalue weighted by Crippen LogP contribution is -2.35. The summed E-state index contributed by atoms with van der Waals surface area (Å²) in [7, 11) is 3.22. The van der Waals surface area contributed by atoms with Gasteiger partial charge in [-0.3, -0.25) is 0 Å². The van der Waals surface area contributed by atoms with E-state index in [4.69, 9.17) is 15.2 Å². The van der Waals surface area contributed by atoms with Crippen molar-refractivity contribution in [3.05, 3.63) is 48.0 Å². The number of nitrogens with two attached hydrogens (primary N) is 1. The second-order valence-electron chi connectivity index (χ2n) is 5.04. The van der Waals surface area contributed by atoms with Gasteiger partial charge in [0.2, 0.25) is 5.96 Å². The molecule has 2 aromatic rings. The molecule has 0 fully saturated rings. The average Bonchev–Trinajstić information content (AvgIpc) is 2.99. The smallest absolute Gasteiger partial charge is 0.201 e. The van der Waals surface area contributed by atoms with Crippen LogP contribution in [0, 0.1) is 0 Å². The van der Waals surface area contributed by atoms with Gasteiger partial charge in [-0.15, -0.1) is 0 Å². The summed E-state index contributed by atoms with van der Waals surface area (Å²) in [6.07, 6.45) is 0.978. The van der Waals surface area contributed by atoms with Gasteiger partial charge in [-0.2, -0.15) is 0 Å². The third-order valence-corrected chi connectivity index (χ3v) is 3.79. The predicted molar refractivity (Wildman–Crippen MR) is 88.3 cm³/mol. The molecule has 0 spiro atoms. The first-order valence-electron chi connectivity index (χ1n) is 7.14. The molecule has 114 valence electrons. The topological polar surface area (TPSA) is 60.1 Å². The maximum absolute atomic E-state index is 6.21. The number of ether oxygens (including phenoxy) is 2. The van der Waals surface area contributed by atoms with Crippen LogP contribution < -0.4 is 20.1 Å². The number of guanidine groups is 1.